The van der Waals surface area contributed by atoms with Gasteiger partial charge in [0.2, 0.25) is 5.91 Å². The van der Waals surface area contributed by atoms with E-state index < -0.39 is 11.9 Å². The summed E-state index contributed by atoms with van der Waals surface area (Å²) >= 11 is 0. The summed E-state index contributed by atoms with van der Waals surface area (Å²) in [6, 6.07) is 6.80. The summed E-state index contributed by atoms with van der Waals surface area (Å²) < 4.78 is 10.9. The molecule has 0 aromatic heterocycles. The summed E-state index contributed by atoms with van der Waals surface area (Å²) in [5.41, 5.74) is 5.20. The molecule has 0 aliphatic heterocycles. The number of amides is 1. The van der Waals surface area contributed by atoms with Crippen LogP contribution in [0.2, 0.25) is 0 Å². The summed E-state index contributed by atoms with van der Waals surface area (Å²) in [5.74, 6) is 0.826. The predicted octanol–water partition coefficient (Wildman–Crippen LogP) is 0.537. The van der Waals surface area contributed by atoms with Crippen LogP contribution < -0.4 is 20.5 Å². The number of carbonyl (C=O) groups excluding carboxylic acids is 1. The van der Waals surface area contributed by atoms with Crippen molar-refractivity contribution in [3.8, 4) is 11.5 Å². The van der Waals surface area contributed by atoms with Crippen molar-refractivity contribution in [2.24, 2.45) is 5.73 Å². The van der Waals surface area contributed by atoms with Gasteiger partial charge in [0.05, 0.1) is 6.61 Å². The van der Waals surface area contributed by atoms with Crippen molar-refractivity contribution < 1.29 is 14.3 Å². The van der Waals surface area contributed by atoms with E-state index in [9.17, 15) is 4.79 Å². The van der Waals surface area contributed by atoms with Crippen LogP contribution in [0.3, 0.4) is 0 Å². The number of nitrogens with two attached hydrogens (primary N) is 1. The molecule has 94 valence electrons. The molecule has 1 aromatic rings. The topological polar surface area (TPSA) is 73.6 Å². The first kappa shape index (κ1) is 13.3. The smallest absolute Gasteiger partial charge is 0.238 e. The normalized spacial score (nSPS) is 11.9. The van der Waals surface area contributed by atoms with Gasteiger partial charge >= 0.3 is 0 Å². The lowest BCUT2D eigenvalue weighted by molar-refractivity contribution is -0.120. The van der Waals surface area contributed by atoms with Crippen molar-refractivity contribution in [1.82, 2.24) is 5.32 Å². The average molecular weight is 238 g/mol. The fourth-order valence-corrected chi connectivity index (χ4v) is 1.32. The molecule has 0 fully saturated rings. The number of hydrogen-bond acceptors (Lipinski definition) is 4. The van der Waals surface area contributed by atoms with Crippen molar-refractivity contribution in [3.63, 3.8) is 0 Å². The number of primary amides is 1. The molecule has 5 nitrogen and oxygen atoms in total. The van der Waals surface area contributed by atoms with Gasteiger partial charge in [0.15, 0.2) is 11.5 Å². The molecule has 1 atom stereocenters. The molecule has 1 unspecified atom stereocenters. The Morgan fingerprint density at radius 3 is 2.41 bits per heavy atom. The van der Waals surface area contributed by atoms with Crippen LogP contribution in [0.4, 0.5) is 0 Å². The van der Waals surface area contributed by atoms with Crippen LogP contribution in [0.5, 0.6) is 11.5 Å². The number of hydrogen-bond donors (Lipinski definition) is 2. The first-order chi connectivity index (χ1) is 8.19. The zero-order chi connectivity index (χ0) is 12.7. The van der Waals surface area contributed by atoms with E-state index in [1.807, 2.05) is 25.1 Å². The highest BCUT2D eigenvalue weighted by Crippen LogP contribution is 2.26. The predicted molar refractivity (Wildman–Crippen MR) is 65.1 cm³/mol. The van der Waals surface area contributed by atoms with Crippen LogP contribution in [0.15, 0.2) is 24.3 Å². The molecule has 3 N–H and O–H groups in total. The Kier molecular flexibility index (Phi) is 5.29. The van der Waals surface area contributed by atoms with Crippen LogP contribution in [0.25, 0.3) is 0 Å². The SMILES string of the molecule is CCOc1ccccc1OCC(NC)C(N)=O. The fourth-order valence-electron chi connectivity index (χ4n) is 1.32. The zero-order valence-corrected chi connectivity index (χ0v) is 10.1. The summed E-state index contributed by atoms with van der Waals surface area (Å²) in [5, 5.41) is 2.78. The molecule has 0 radical (unpaired) electrons. The lowest BCUT2D eigenvalue weighted by atomic mass is 10.3. The number of rotatable bonds is 7. The van der Waals surface area contributed by atoms with Gasteiger partial charge in [0.25, 0.3) is 0 Å². The molecule has 0 spiro atoms. The Balaban J connectivity index is 2.64. The maximum absolute atomic E-state index is 11.0. The van der Waals surface area contributed by atoms with E-state index in [1.165, 1.54) is 0 Å². The van der Waals surface area contributed by atoms with Gasteiger partial charge in [0, 0.05) is 0 Å². The molecule has 5 heteroatoms. The molecule has 1 rings (SSSR count). The molecule has 0 saturated carbocycles. The summed E-state index contributed by atoms with van der Waals surface area (Å²) in [6.07, 6.45) is 0. The Bertz CT molecular complexity index is 369. The Hall–Kier alpha value is -1.75. The van der Waals surface area contributed by atoms with Gasteiger partial charge in [-0.3, -0.25) is 4.79 Å². The molecule has 0 heterocycles. The average Bonchev–Trinajstić information content (AvgIpc) is 2.32. The highest BCUT2D eigenvalue weighted by atomic mass is 16.5. The van der Waals surface area contributed by atoms with Gasteiger partial charge < -0.3 is 20.5 Å². The summed E-state index contributed by atoms with van der Waals surface area (Å²) in [7, 11) is 1.66. The lowest BCUT2D eigenvalue weighted by Crippen LogP contribution is -2.43. The largest absolute Gasteiger partial charge is 0.490 e. The van der Waals surface area contributed by atoms with Gasteiger partial charge in [0.1, 0.15) is 12.6 Å². The third-order valence-corrected chi connectivity index (χ3v) is 2.25. The van der Waals surface area contributed by atoms with E-state index >= 15 is 0 Å². The summed E-state index contributed by atoms with van der Waals surface area (Å²) in [6.45, 7) is 2.64. The first-order valence-corrected chi connectivity index (χ1v) is 5.50. The van der Waals surface area contributed by atoms with Crippen molar-refractivity contribution in [2.75, 3.05) is 20.3 Å². The van der Waals surface area contributed by atoms with Crippen LogP contribution in [-0.4, -0.2) is 32.2 Å². The minimum Gasteiger partial charge on any atom is -0.490 e. The van der Waals surface area contributed by atoms with E-state index in [0.717, 1.165) is 0 Å². The molecule has 17 heavy (non-hydrogen) atoms. The third kappa shape index (κ3) is 3.96. The first-order valence-electron chi connectivity index (χ1n) is 5.50. The third-order valence-electron chi connectivity index (χ3n) is 2.25. The van der Waals surface area contributed by atoms with Crippen molar-refractivity contribution in [1.29, 1.82) is 0 Å². The lowest BCUT2D eigenvalue weighted by Gasteiger charge is -2.15. The summed E-state index contributed by atoms with van der Waals surface area (Å²) in [4.78, 5) is 11.0. The number of likely N-dealkylation sites (N-methyl/N-ethyl adjacent to an activating group) is 1. The Labute approximate surface area is 101 Å². The second-order valence-electron chi connectivity index (χ2n) is 3.43. The van der Waals surface area contributed by atoms with Gasteiger partial charge in [-0.15, -0.1) is 0 Å². The highest BCUT2D eigenvalue weighted by Gasteiger charge is 2.14. The van der Waals surface area contributed by atoms with Crippen molar-refractivity contribution in [3.05, 3.63) is 24.3 Å². The van der Waals surface area contributed by atoms with E-state index in [0.29, 0.717) is 18.1 Å². The van der Waals surface area contributed by atoms with Crippen LogP contribution >= 0.6 is 0 Å². The Morgan fingerprint density at radius 1 is 1.35 bits per heavy atom. The van der Waals surface area contributed by atoms with Gasteiger partial charge in [-0.25, -0.2) is 0 Å². The molecule has 0 saturated heterocycles. The second-order valence-corrected chi connectivity index (χ2v) is 3.43. The maximum Gasteiger partial charge on any atom is 0.238 e. The van der Waals surface area contributed by atoms with Crippen molar-refractivity contribution >= 4 is 5.91 Å². The highest BCUT2D eigenvalue weighted by molar-refractivity contribution is 5.80. The number of carbonyl (C=O) groups is 1. The minimum atomic E-state index is -0.510. The van der Waals surface area contributed by atoms with Gasteiger partial charge in [-0.2, -0.15) is 0 Å². The maximum atomic E-state index is 11.0. The molecule has 1 amide bonds. The quantitative estimate of drug-likeness (QED) is 0.727. The molecule has 0 aliphatic carbocycles. The van der Waals surface area contributed by atoms with E-state index in [4.69, 9.17) is 15.2 Å². The monoisotopic (exact) mass is 238 g/mol. The van der Waals surface area contributed by atoms with Crippen LogP contribution in [-0.2, 0) is 4.79 Å². The zero-order valence-electron chi connectivity index (χ0n) is 10.1. The molecule has 0 aliphatic rings. The number of ether oxygens (including phenoxy) is 2. The molecular formula is C12H18N2O3. The second kappa shape index (κ2) is 6.75. The minimum absolute atomic E-state index is 0.177. The molecule has 0 bridgehead atoms. The number of benzene rings is 1. The number of para-hydroxylation sites is 2. The Morgan fingerprint density at radius 2 is 1.94 bits per heavy atom. The molecule has 1 aromatic carbocycles. The number of nitrogens with one attached hydrogen (secondary N) is 1. The van der Waals surface area contributed by atoms with E-state index in [-0.39, 0.29) is 6.61 Å². The van der Waals surface area contributed by atoms with Gasteiger partial charge in [-0.05, 0) is 26.1 Å². The van der Waals surface area contributed by atoms with Crippen LogP contribution in [0.1, 0.15) is 6.92 Å². The van der Waals surface area contributed by atoms with Gasteiger partial charge in [-0.1, -0.05) is 12.1 Å². The van der Waals surface area contributed by atoms with E-state index in [2.05, 4.69) is 5.32 Å². The van der Waals surface area contributed by atoms with Crippen LogP contribution in [0, 0.1) is 0 Å². The molecular weight excluding hydrogens is 220 g/mol. The standard InChI is InChI=1S/C12H18N2O3/c1-3-16-10-6-4-5-7-11(10)17-8-9(14-2)12(13)15/h4-7,9,14H,3,8H2,1-2H3,(H2,13,15). The van der Waals surface area contributed by atoms with E-state index in [1.54, 1.807) is 13.1 Å². The van der Waals surface area contributed by atoms with Crippen molar-refractivity contribution in [2.45, 2.75) is 13.0 Å². The fraction of sp³-hybridized carbons (Fsp3) is 0.417.